The summed E-state index contributed by atoms with van der Waals surface area (Å²) < 4.78 is 20.7. The largest absolute Gasteiger partial charge is 0.514 e. The van der Waals surface area contributed by atoms with Crippen molar-refractivity contribution in [3.63, 3.8) is 0 Å². The Balaban J connectivity index is 0.000000818. The number of fused-ring (bicyclic) bond motifs is 1. The molecule has 6 rings (SSSR count). The summed E-state index contributed by atoms with van der Waals surface area (Å²) in [5.41, 5.74) is 26.0. The molecule has 0 saturated carbocycles. The highest BCUT2D eigenvalue weighted by molar-refractivity contribution is 5.99. The summed E-state index contributed by atoms with van der Waals surface area (Å²) in [5.74, 6) is -6.17. The number of carbonyl (C=O) groups is 14. The van der Waals surface area contributed by atoms with Gasteiger partial charge in [0.25, 0.3) is 5.69 Å². The Kier molecular flexibility index (Phi) is 52.5. The van der Waals surface area contributed by atoms with E-state index in [0.29, 0.717) is 61.4 Å². The van der Waals surface area contributed by atoms with Gasteiger partial charge in [-0.2, -0.15) is 0 Å². The molecule has 0 spiro atoms. The van der Waals surface area contributed by atoms with Gasteiger partial charge in [0.15, 0.2) is 23.6 Å². The number of aliphatic hydroxyl groups is 2. The number of aliphatic hydroxyl groups excluding tert-OH is 2. The molecule has 37 heteroatoms. The maximum Gasteiger partial charge on any atom is 0.514 e. The monoisotopic (exact) mass is 1720 g/mol. The average Bonchev–Trinajstić information content (AvgIpc) is 0.793. The minimum Gasteiger partial charge on any atom is -0.481 e. The number of anilines is 4. The van der Waals surface area contributed by atoms with Gasteiger partial charge in [0.1, 0.15) is 12.4 Å². The second-order valence-electron chi connectivity index (χ2n) is 28.7. The minimum absolute atomic E-state index is 0.0414. The number of nitrogen functional groups attached to an aromatic ring is 1. The first-order chi connectivity index (χ1) is 58.2. The van der Waals surface area contributed by atoms with Crippen LogP contribution in [0.25, 0.3) is 6.08 Å². The number of nitro groups is 1. The number of ether oxygens (including phenoxy) is 4. The van der Waals surface area contributed by atoms with Crippen LogP contribution in [0.2, 0.25) is 0 Å². The number of urea groups is 3. The number of hydrogen-bond acceptors (Lipinski definition) is 23. The number of primary amides is 3. The summed E-state index contributed by atoms with van der Waals surface area (Å²) in [6.45, 7) is 24.0. The number of non-ortho nitro benzene ring substituents is 1. The first kappa shape index (κ1) is 108. The van der Waals surface area contributed by atoms with Crippen molar-refractivity contribution in [3.05, 3.63) is 160 Å². The molecule has 1 unspecified atom stereocenters. The van der Waals surface area contributed by atoms with Gasteiger partial charge in [-0.05, 0) is 153 Å². The Morgan fingerprint density at radius 2 is 0.894 bits per heavy atom. The molecule has 7 atom stereocenters. The Labute approximate surface area is 717 Å². The molecule has 1 heterocycles. The van der Waals surface area contributed by atoms with E-state index in [1.165, 1.54) is 45.0 Å². The molecule has 0 fully saturated rings. The number of nitrogens with one attached hydrogen (secondary N) is 8. The van der Waals surface area contributed by atoms with Crippen LogP contribution in [-0.4, -0.2) is 161 Å². The number of nitrogens with zero attached hydrogens (tertiary/aromatic N) is 2. The van der Waals surface area contributed by atoms with E-state index in [4.69, 9.17) is 52.1 Å². The zero-order valence-electron chi connectivity index (χ0n) is 72.2. The predicted octanol–water partition coefficient (Wildman–Crippen LogP) is 9.82. The van der Waals surface area contributed by atoms with Crippen LogP contribution >= 0.6 is 0 Å². The number of para-hydroxylation sites is 1. The maximum absolute atomic E-state index is 13.1. The number of carboxylic acids is 1. The standard InChI is InChI=1S/C28H35N5O9.C21H32N4O5.C14H25N3O5.C14H17NO3.C7H9NO.C2H6/c1-17(2)25(31-18(3)34)24(35)15-20(5-4-14-30-27(29)37)26(36)32-21-8-6-19(7-9-21)16-41-28(38)42-23-12-10-22(11-13-23)33(39)40;1-13(2)19(24-14(3)27)18(28)11-16(5-4-10-23-21(22)30)20(29)25-17-8-6-15(12-26)7-9-17;1-8(2)12(17-9(3)18)11(19)7-10(13(20)21)5-4-6-16-14(15)22;1-3-17-13-10-9-11-7-5-6-8-12(11)15(13)14(16)18-4-2;8-7-3-1-6(5-9)2-4-7;1-2/h6-13,17,20,25H,4-5,14-16H2,1-3H3,(H,31,34)(H,32,36)(H3,29,30,37);6-9,13,16,19,26H,4-5,10-12H2,1-3H3,(H,24,27)(H,25,29)(H3,22,23,30);8,10,12H,4-7H2,1-3H3,(H,17,18)(H,20,21)(H3,15,16,22);5-10,13H,3-4H2,1-2H3;1-4,9H,5,8H2;1-2H3/t20-,25+;16-,19+;10-,12+;;;/m111.../s1. The number of carbonyl (C=O) groups excluding carboxylic acids is 13. The van der Waals surface area contributed by atoms with Gasteiger partial charge in [-0.1, -0.05) is 116 Å². The highest BCUT2D eigenvalue weighted by atomic mass is 16.7. The summed E-state index contributed by atoms with van der Waals surface area (Å²) in [7, 11) is 0. The Morgan fingerprint density at radius 3 is 1.25 bits per heavy atom. The number of carboxylic acid groups (broad SMARTS) is 1. The number of Topliss-reactive ketones (excluding diaryl/α,β-unsaturated/α-hetero) is 3. The lowest BCUT2D eigenvalue weighted by Crippen LogP contribution is -2.44. The Morgan fingerprint density at radius 1 is 0.512 bits per heavy atom. The number of nitro benzene ring substituents is 1. The topological polar surface area (TPSA) is 583 Å². The lowest BCUT2D eigenvalue weighted by molar-refractivity contribution is -0.384. The molecule has 19 N–H and O–H groups in total. The van der Waals surface area contributed by atoms with Crippen LogP contribution in [0.3, 0.4) is 0 Å². The number of ketones is 3. The quantitative estimate of drug-likeness (QED) is 0.00432. The first-order valence-corrected chi connectivity index (χ1v) is 40.3. The van der Waals surface area contributed by atoms with Crippen LogP contribution in [0.1, 0.15) is 170 Å². The smallest absolute Gasteiger partial charge is 0.481 e. The van der Waals surface area contributed by atoms with E-state index in [1.807, 2.05) is 71.0 Å². The first-order valence-electron chi connectivity index (χ1n) is 40.3. The van der Waals surface area contributed by atoms with Crippen LogP contribution < -0.4 is 75.1 Å². The van der Waals surface area contributed by atoms with E-state index < -0.39 is 83.2 Å². The van der Waals surface area contributed by atoms with Crippen molar-refractivity contribution >= 4 is 118 Å². The third-order valence-electron chi connectivity index (χ3n) is 17.7. The van der Waals surface area contributed by atoms with E-state index in [1.54, 1.807) is 112 Å². The van der Waals surface area contributed by atoms with Gasteiger partial charge < -0.3 is 99.7 Å². The SMILES string of the molecule is CC.CC(=O)N[C@H](C(=O)C[C@@H](CCCNC(N)=O)C(=O)Nc1ccc(CO)cc1)C(C)C.CC(=O)N[C@H](C(=O)C[C@@H](CCCNC(N)=O)C(=O)Nc1ccc(COC(=O)Oc2ccc([N+](=O)[O-])cc2)cc1)C(C)C.CC(=O)N[C@H](C(=O)C[C@@H](CCCNC(N)=O)C(=O)O)C(C)C.CCOC(=O)N1c2ccccc2C=CC1OCC.Nc1ccc(CO)cc1. The van der Waals surface area contributed by atoms with E-state index in [2.05, 4.69) is 42.5 Å². The molecule has 0 bridgehead atoms. The molecule has 676 valence electrons. The molecule has 37 nitrogen and oxygen atoms in total. The molecule has 0 radical (unpaired) electrons. The van der Waals surface area contributed by atoms with Crippen LogP contribution in [0.5, 0.6) is 5.75 Å². The number of amides is 12. The fourth-order valence-electron chi connectivity index (χ4n) is 11.6. The van der Waals surface area contributed by atoms with Crippen molar-refractivity contribution < 1.29 is 106 Å². The van der Waals surface area contributed by atoms with E-state index >= 15 is 0 Å². The molecular formula is C86H124N14O23. The van der Waals surface area contributed by atoms with E-state index in [0.717, 1.165) is 22.5 Å². The molecular weight excluding hydrogens is 1600 g/mol. The maximum atomic E-state index is 13.1. The van der Waals surface area contributed by atoms with E-state index in [9.17, 15) is 82.3 Å². The van der Waals surface area contributed by atoms with E-state index in [-0.39, 0.29) is 148 Å². The van der Waals surface area contributed by atoms with Gasteiger partial charge in [0.05, 0.1) is 54.5 Å². The van der Waals surface area contributed by atoms with Crippen LogP contribution in [0, 0.1) is 45.6 Å². The summed E-state index contributed by atoms with van der Waals surface area (Å²) in [4.78, 5) is 177. The van der Waals surface area contributed by atoms with Gasteiger partial charge in [0.2, 0.25) is 29.5 Å². The zero-order valence-corrected chi connectivity index (χ0v) is 72.2. The number of rotatable bonds is 41. The lowest BCUT2D eigenvalue weighted by atomic mass is 9.89. The molecule has 0 saturated heterocycles. The molecule has 1 aliphatic heterocycles. The normalized spacial score (nSPS) is 12.9. The molecule has 0 aromatic heterocycles. The second-order valence-corrected chi connectivity index (χ2v) is 28.7. The zero-order chi connectivity index (χ0) is 92.8. The predicted molar refractivity (Wildman–Crippen MR) is 463 cm³/mol. The molecule has 5 aromatic rings. The van der Waals surface area contributed by atoms with Gasteiger partial charge in [-0.15, -0.1) is 0 Å². The third-order valence-corrected chi connectivity index (χ3v) is 17.7. The average molecular weight is 1720 g/mol. The van der Waals surface area contributed by atoms with Gasteiger partial charge in [-0.25, -0.2) is 28.9 Å². The molecule has 5 aromatic carbocycles. The van der Waals surface area contributed by atoms with Crippen molar-refractivity contribution in [2.45, 2.75) is 192 Å². The molecule has 12 amide bonds. The number of benzene rings is 5. The highest BCUT2D eigenvalue weighted by Crippen LogP contribution is 2.31. The number of nitrogens with two attached hydrogens (primary N) is 4. The van der Waals surface area contributed by atoms with Gasteiger partial charge in [-0.3, -0.25) is 53.3 Å². The number of aliphatic carboxylic acids is 1. The highest BCUT2D eigenvalue weighted by Gasteiger charge is 2.33. The molecule has 0 aliphatic carbocycles. The van der Waals surface area contributed by atoms with Crippen molar-refractivity contribution in [3.8, 4) is 5.75 Å². The fraction of sp³-hybridized carbons (Fsp3) is 0.465. The minimum atomic E-state index is -1.07. The van der Waals surface area contributed by atoms with Crippen molar-refractivity contribution in [1.82, 2.24) is 31.9 Å². The number of hydrogen-bond donors (Lipinski definition) is 15. The second kappa shape index (κ2) is 59.7. The fourth-order valence-corrected chi connectivity index (χ4v) is 11.6. The van der Waals surface area contributed by atoms with Gasteiger partial charge in [0, 0.05) is 107 Å². The summed E-state index contributed by atoms with van der Waals surface area (Å²) in [5, 5.41) is 58.3. The molecule has 1 aliphatic rings. The summed E-state index contributed by atoms with van der Waals surface area (Å²) in [6.07, 6.45) is 3.87. The Bertz CT molecular complexity index is 4200. The summed E-state index contributed by atoms with van der Waals surface area (Å²) in [6, 6.07) is 28.8. The Hall–Kier alpha value is -12.9. The molecule has 123 heavy (non-hydrogen) atoms. The van der Waals surface area contributed by atoms with Gasteiger partial charge >= 0.3 is 36.3 Å². The third kappa shape index (κ3) is 44.8. The summed E-state index contributed by atoms with van der Waals surface area (Å²) >= 11 is 0. The van der Waals surface area contributed by atoms with Crippen molar-refractivity contribution in [2.75, 3.05) is 54.1 Å². The van der Waals surface area contributed by atoms with Crippen molar-refractivity contribution in [2.24, 2.45) is 52.7 Å². The van der Waals surface area contributed by atoms with Crippen LogP contribution in [0.4, 0.5) is 52.4 Å². The lowest BCUT2D eigenvalue weighted by Gasteiger charge is -2.32. The van der Waals surface area contributed by atoms with Crippen molar-refractivity contribution in [1.29, 1.82) is 0 Å². The van der Waals surface area contributed by atoms with Crippen LogP contribution in [-0.2, 0) is 77.2 Å². The van der Waals surface area contributed by atoms with Crippen LogP contribution in [0.15, 0.2) is 127 Å².